The lowest BCUT2D eigenvalue weighted by molar-refractivity contribution is -0.142. The molecule has 0 bridgehead atoms. The molecule has 21 heavy (non-hydrogen) atoms. The fourth-order valence-electron chi connectivity index (χ4n) is 2.90. The number of piperazine rings is 1. The van der Waals surface area contributed by atoms with Gasteiger partial charge in [0.25, 0.3) is 10.2 Å². The van der Waals surface area contributed by atoms with E-state index in [1.54, 1.807) is 0 Å². The number of aliphatic hydroxyl groups is 1. The highest BCUT2D eigenvalue weighted by Gasteiger charge is 2.40. The smallest absolute Gasteiger partial charge is 0.322 e. The molecule has 0 aliphatic carbocycles. The number of carboxylic acids is 1. The molecule has 122 valence electrons. The Labute approximate surface area is 125 Å². The van der Waals surface area contributed by atoms with Gasteiger partial charge in [0.2, 0.25) is 0 Å². The molecule has 2 saturated heterocycles. The van der Waals surface area contributed by atoms with Crippen molar-refractivity contribution in [3.05, 3.63) is 0 Å². The number of nitrogens with zero attached hydrogens (tertiary/aromatic N) is 3. The Kier molecular flexibility index (Phi) is 5.55. The van der Waals surface area contributed by atoms with Crippen molar-refractivity contribution in [3.63, 3.8) is 0 Å². The number of hydrogen-bond acceptors (Lipinski definition) is 5. The average molecular weight is 321 g/mol. The third kappa shape index (κ3) is 3.72. The lowest BCUT2D eigenvalue weighted by atomic mass is 10.1. The van der Waals surface area contributed by atoms with Crippen molar-refractivity contribution in [1.29, 1.82) is 0 Å². The van der Waals surface area contributed by atoms with Gasteiger partial charge in [-0.25, -0.2) is 0 Å². The van der Waals surface area contributed by atoms with Gasteiger partial charge in [0.15, 0.2) is 0 Å². The molecule has 0 radical (unpaired) electrons. The number of piperidine rings is 1. The first-order chi connectivity index (χ1) is 9.96. The minimum Gasteiger partial charge on any atom is -0.480 e. The summed E-state index contributed by atoms with van der Waals surface area (Å²) in [6.07, 6.45) is 1.82. The summed E-state index contributed by atoms with van der Waals surface area (Å²) in [6, 6.07) is -0.945. The quantitative estimate of drug-likeness (QED) is 0.658. The van der Waals surface area contributed by atoms with Crippen molar-refractivity contribution in [2.45, 2.75) is 25.3 Å². The molecule has 0 amide bonds. The molecule has 2 rings (SSSR count). The highest BCUT2D eigenvalue weighted by molar-refractivity contribution is 7.86. The SMILES string of the molecule is O=C(O)C1CCCCN1S(=O)(=O)N1CCN(CCO)CC1. The predicted octanol–water partition coefficient (Wildman–Crippen LogP) is -1.22. The molecule has 2 heterocycles. The lowest BCUT2D eigenvalue weighted by Gasteiger charge is -2.39. The largest absolute Gasteiger partial charge is 0.480 e. The maximum Gasteiger partial charge on any atom is 0.322 e. The van der Waals surface area contributed by atoms with Crippen LogP contribution in [0.5, 0.6) is 0 Å². The van der Waals surface area contributed by atoms with Gasteiger partial charge in [-0.05, 0) is 19.3 Å². The molecule has 2 aliphatic heterocycles. The maximum absolute atomic E-state index is 12.6. The van der Waals surface area contributed by atoms with Gasteiger partial charge in [0.05, 0.1) is 6.61 Å². The number of carboxylic acid groups (broad SMARTS) is 1. The fraction of sp³-hybridized carbons (Fsp3) is 0.917. The van der Waals surface area contributed by atoms with E-state index in [0.29, 0.717) is 45.6 Å². The summed E-state index contributed by atoms with van der Waals surface area (Å²) in [6.45, 7) is 2.67. The Morgan fingerprint density at radius 3 is 2.33 bits per heavy atom. The van der Waals surface area contributed by atoms with E-state index in [1.807, 2.05) is 4.90 Å². The number of rotatable bonds is 5. The molecule has 2 fully saturated rings. The van der Waals surface area contributed by atoms with Crippen LogP contribution in [0.2, 0.25) is 0 Å². The molecule has 1 atom stereocenters. The number of hydrogen-bond donors (Lipinski definition) is 2. The molecule has 2 aliphatic rings. The van der Waals surface area contributed by atoms with Gasteiger partial charge in [0.1, 0.15) is 6.04 Å². The molecule has 1 unspecified atom stereocenters. The molecule has 0 aromatic carbocycles. The first kappa shape index (κ1) is 16.6. The van der Waals surface area contributed by atoms with E-state index in [9.17, 15) is 18.3 Å². The monoisotopic (exact) mass is 321 g/mol. The summed E-state index contributed by atoms with van der Waals surface area (Å²) in [5.41, 5.74) is 0. The van der Waals surface area contributed by atoms with Crippen LogP contribution in [-0.2, 0) is 15.0 Å². The highest BCUT2D eigenvalue weighted by Crippen LogP contribution is 2.23. The predicted molar refractivity (Wildman–Crippen MR) is 76.0 cm³/mol. The van der Waals surface area contributed by atoms with Crippen LogP contribution in [0.4, 0.5) is 0 Å². The second kappa shape index (κ2) is 7.01. The number of aliphatic carboxylic acids is 1. The van der Waals surface area contributed by atoms with Gasteiger partial charge in [0, 0.05) is 39.3 Å². The highest BCUT2D eigenvalue weighted by atomic mass is 32.2. The van der Waals surface area contributed by atoms with Crippen LogP contribution in [0.3, 0.4) is 0 Å². The molecule has 0 spiro atoms. The van der Waals surface area contributed by atoms with Gasteiger partial charge >= 0.3 is 5.97 Å². The van der Waals surface area contributed by atoms with E-state index in [0.717, 1.165) is 10.7 Å². The number of carbonyl (C=O) groups is 1. The topological polar surface area (TPSA) is 101 Å². The van der Waals surface area contributed by atoms with Crippen LogP contribution in [-0.4, -0.2) is 90.0 Å². The van der Waals surface area contributed by atoms with E-state index in [2.05, 4.69) is 0 Å². The molecular formula is C12H23N3O5S. The summed E-state index contributed by atoms with van der Waals surface area (Å²) in [5, 5.41) is 18.1. The second-order valence-corrected chi connectivity index (χ2v) is 7.31. The minimum absolute atomic E-state index is 0.0555. The Morgan fingerprint density at radius 1 is 1.10 bits per heavy atom. The zero-order chi connectivity index (χ0) is 15.5. The first-order valence-electron chi connectivity index (χ1n) is 7.29. The maximum atomic E-state index is 12.6. The average Bonchev–Trinajstić information content (AvgIpc) is 2.48. The van der Waals surface area contributed by atoms with Crippen LogP contribution in [0.1, 0.15) is 19.3 Å². The molecule has 0 aromatic rings. The van der Waals surface area contributed by atoms with Gasteiger partial charge in [-0.15, -0.1) is 0 Å². The Hall–Kier alpha value is -0.740. The van der Waals surface area contributed by atoms with Crippen molar-refractivity contribution in [2.24, 2.45) is 0 Å². The normalized spacial score (nSPS) is 26.8. The summed E-state index contributed by atoms with van der Waals surface area (Å²) in [7, 11) is -3.72. The first-order valence-corrected chi connectivity index (χ1v) is 8.69. The summed E-state index contributed by atoms with van der Waals surface area (Å²) >= 11 is 0. The van der Waals surface area contributed by atoms with Gasteiger partial charge in [-0.1, -0.05) is 0 Å². The Balaban J connectivity index is 2.05. The van der Waals surface area contributed by atoms with Crippen LogP contribution in [0.15, 0.2) is 0 Å². The zero-order valence-electron chi connectivity index (χ0n) is 12.0. The molecule has 9 heteroatoms. The minimum atomic E-state index is -3.72. The van der Waals surface area contributed by atoms with Crippen molar-refractivity contribution in [2.75, 3.05) is 45.9 Å². The van der Waals surface area contributed by atoms with Crippen molar-refractivity contribution < 1.29 is 23.4 Å². The second-order valence-electron chi connectivity index (χ2n) is 5.43. The van der Waals surface area contributed by atoms with E-state index >= 15 is 0 Å². The zero-order valence-corrected chi connectivity index (χ0v) is 12.8. The van der Waals surface area contributed by atoms with E-state index < -0.39 is 22.2 Å². The van der Waals surface area contributed by atoms with Gasteiger partial charge in [-0.2, -0.15) is 17.0 Å². The summed E-state index contributed by atoms with van der Waals surface area (Å²) in [4.78, 5) is 13.3. The number of aliphatic hydroxyl groups excluding tert-OH is 1. The van der Waals surface area contributed by atoms with Crippen LogP contribution in [0, 0.1) is 0 Å². The van der Waals surface area contributed by atoms with Crippen molar-refractivity contribution in [3.8, 4) is 0 Å². The third-order valence-electron chi connectivity index (χ3n) is 4.11. The fourth-order valence-corrected chi connectivity index (χ4v) is 4.70. The van der Waals surface area contributed by atoms with E-state index in [1.165, 1.54) is 4.31 Å². The van der Waals surface area contributed by atoms with Gasteiger partial charge < -0.3 is 10.2 Å². The molecule has 8 nitrogen and oxygen atoms in total. The van der Waals surface area contributed by atoms with Crippen LogP contribution in [0.25, 0.3) is 0 Å². The Morgan fingerprint density at radius 2 is 1.76 bits per heavy atom. The molecular weight excluding hydrogens is 298 g/mol. The molecule has 2 N–H and O–H groups in total. The van der Waals surface area contributed by atoms with Crippen molar-refractivity contribution in [1.82, 2.24) is 13.5 Å². The molecule has 0 saturated carbocycles. The number of β-amino-alcohol motifs (C(OH)–C–C–N with tert-alkyl or cyclic N) is 1. The van der Waals surface area contributed by atoms with Gasteiger partial charge in [-0.3, -0.25) is 9.69 Å². The van der Waals surface area contributed by atoms with E-state index in [4.69, 9.17) is 5.11 Å². The summed E-state index contributed by atoms with van der Waals surface area (Å²) < 4.78 is 27.8. The molecule has 0 aromatic heterocycles. The lowest BCUT2D eigenvalue weighted by Crippen LogP contribution is -2.57. The summed E-state index contributed by atoms with van der Waals surface area (Å²) in [5.74, 6) is -1.07. The van der Waals surface area contributed by atoms with E-state index in [-0.39, 0.29) is 13.2 Å². The van der Waals surface area contributed by atoms with Crippen molar-refractivity contribution >= 4 is 16.2 Å². The Bertz CT molecular complexity index is 462. The van der Waals surface area contributed by atoms with Crippen LogP contribution >= 0.6 is 0 Å². The standard InChI is InChI=1S/C12H23N3O5S/c16-10-9-13-5-7-14(8-6-13)21(19,20)15-4-2-1-3-11(15)12(17)18/h11,16H,1-10H2,(H,17,18). The third-order valence-corrected chi connectivity index (χ3v) is 6.16. The van der Waals surface area contributed by atoms with Crippen LogP contribution < -0.4 is 0 Å².